The van der Waals surface area contributed by atoms with Gasteiger partial charge in [0, 0.05) is 30.8 Å². The van der Waals surface area contributed by atoms with Crippen LogP contribution in [-0.4, -0.2) is 70.3 Å². The number of rotatable bonds is 3. The van der Waals surface area contributed by atoms with E-state index in [0.717, 1.165) is 5.56 Å². The third-order valence-corrected chi connectivity index (χ3v) is 5.98. The summed E-state index contributed by atoms with van der Waals surface area (Å²) in [6.07, 6.45) is -2.79. The Labute approximate surface area is 197 Å². The van der Waals surface area contributed by atoms with Gasteiger partial charge in [-0.25, -0.2) is 13.6 Å². The van der Waals surface area contributed by atoms with Crippen LogP contribution in [0.15, 0.2) is 24.3 Å². The maximum atomic E-state index is 14.1. The lowest BCUT2D eigenvalue weighted by Crippen LogP contribution is -2.61. The summed E-state index contributed by atoms with van der Waals surface area (Å²) in [5.74, 6) is 0.158. The van der Waals surface area contributed by atoms with Crippen molar-refractivity contribution in [3.8, 4) is 17.0 Å². The number of aryl methyl sites for hydroxylation is 1. The summed E-state index contributed by atoms with van der Waals surface area (Å²) in [6.45, 7) is 8.88. The van der Waals surface area contributed by atoms with Crippen LogP contribution in [0.1, 0.15) is 44.7 Å². The summed E-state index contributed by atoms with van der Waals surface area (Å²) in [6, 6.07) is 5.83. The summed E-state index contributed by atoms with van der Waals surface area (Å²) in [7, 11) is 0. The molecule has 0 unspecified atom stereocenters. The van der Waals surface area contributed by atoms with Crippen LogP contribution >= 0.6 is 0 Å². The van der Waals surface area contributed by atoms with E-state index >= 15 is 0 Å². The Balaban J connectivity index is 1.63. The minimum Gasteiger partial charge on any atom is -0.507 e. The zero-order chi connectivity index (χ0) is 24.6. The fraction of sp³-hybridized carbons (Fsp3) is 0.542. The number of halogens is 2. The van der Waals surface area contributed by atoms with E-state index in [1.165, 1.54) is 12.1 Å². The van der Waals surface area contributed by atoms with E-state index in [4.69, 9.17) is 9.47 Å². The lowest BCUT2D eigenvalue weighted by molar-refractivity contribution is -0.0372. The number of alkyl halides is 2. The molecular formula is C24H30F2N4O4. The molecule has 2 aliphatic heterocycles. The zero-order valence-electron chi connectivity index (χ0n) is 19.8. The quantitative estimate of drug-likeness (QED) is 0.706. The van der Waals surface area contributed by atoms with Gasteiger partial charge in [-0.05, 0) is 57.9 Å². The van der Waals surface area contributed by atoms with Crippen molar-refractivity contribution < 1.29 is 28.2 Å². The third-order valence-electron chi connectivity index (χ3n) is 5.98. The van der Waals surface area contributed by atoms with Crippen molar-refractivity contribution in [2.75, 3.05) is 31.1 Å². The second-order valence-electron chi connectivity index (χ2n) is 9.71. The lowest BCUT2D eigenvalue weighted by Gasteiger charge is -2.47. The number of piperidine rings is 1. The van der Waals surface area contributed by atoms with Crippen molar-refractivity contribution in [2.24, 2.45) is 0 Å². The first kappa shape index (κ1) is 24.1. The predicted octanol–water partition coefficient (Wildman–Crippen LogP) is 4.31. The van der Waals surface area contributed by atoms with Gasteiger partial charge in [0.15, 0.2) is 5.82 Å². The van der Waals surface area contributed by atoms with E-state index in [0.29, 0.717) is 32.7 Å². The minimum absolute atomic E-state index is 0.0555. The average molecular weight is 477 g/mol. The standard InChI is InChI=1S/C24H30F2N4O4/c1-14-5-6-15(18(31)11-14)21-16(22(25)26)12-20(27-28-21)30-9-10-33-19-7-8-29(13-17(19)30)23(32)34-24(2,3)4/h5-6,11-12,17,19,22,31H,7-10,13H2,1-4H3/t17-,19+/m0/s1. The number of amides is 1. The molecule has 0 bridgehead atoms. The first-order chi connectivity index (χ1) is 16.0. The van der Waals surface area contributed by atoms with Crippen LogP contribution in [0.3, 0.4) is 0 Å². The van der Waals surface area contributed by atoms with Gasteiger partial charge in [-0.2, -0.15) is 0 Å². The molecule has 1 amide bonds. The van der Waals surface area contributed by atoms with E-state index < -0.39 is 18.1 Å². The number of anilines is 1. The van der Waals surface area contributed by atoms with Gasteiger partial charge in [0.2, 0.25) is 0 Å². The molecule has 8 nitrogen and oxygen atoms in total. The van der Waals surface area contributed by atoms with E-state index in [2.05, 4.69) is 10.2 Å². The number of hydrogen-bond donors (Lipinski definition) is 1. The summed E-state index contributed by atoms with van der Waals surface area (Å²) >= 11 is 0. The maximum absolute atomic E-state index is 14.1. The van der Waals surface area contributed by atoms with Crippen molar-refractivity contribution in [3.63, 3.8) is 0 Å². The Morgan fingerprint density at radius 3 is 2.68 bits per heavy atom. The summed E-state index contributed by atoms with van der Waals surface area (Å²) in [4.78, 5) is 16.1. The van der Waals surface area contributed by atoms with E-state index in [-0.39, 0.29) is 40.5 Å². The molecule has 2 aliphatic rings. The maximum Gasteiger partial charge on any atom is 0.410 e. The van der Waals surface area contributed by atoms with Crippen LogP contribution in [0, 0.1) is 6.92 Å². The highest BCUT2D eigenvalue weighted by Gasteiger charge is 2.40. The zero-order valence-corrected chi connectivity index (χ0v) is 19.8. The molecule has 0 radical (unpaired) electrons. The molecule has 1 aromatic carbocycles. The highest BCUT2D eigenvalue weighted by molar-refractivity contribution is 5.71. The Morgan fingerprint density at radius 1 is 1.24 bits per heavy atom. The summed E-state index contributed by atoms with van der Waals surface area (Å²) in [5, 5.41) is 18.6. The van der Waals surface area contributed by atoms with Gasteiger partial charge in [-0.3, -0.25) is 0 Å². The molecule has 2 aromatic rings. The van der Waals surface area contributed by atoms with E-state index in [9.17, 15) is 18.7 Å². The number of likely N-dealkylation sites (tertiary alicyclic amines) is 1. The molecule has 184 valence electrons. The SMILES string of the molecule is Cc1ccc(-c2nnc(N3CCO[C@@H]4CCN(C(=O)OC(C)(C)C)C[C@@H]43)cc2C(F)F)c(O)c1. The van der Waals surface area contributed by atoms with E-state index in [1.807, 2.05) is 25.7 Å². The number of aromatic nitrogens is 2. The van der Waals surface area contributed by atoms with Gasteiger partial charge in [0.25, 0.3) is 6.43 Å². The minimum atomic E-state index is -2.81. The van der Waals surface area contributed by atoms with Crippen molar-refractivity contribution in [2.45, 2.75) is 58.3 Å². The number of morpholine rings is 1. The Bertz CT molecular complexity index is 1060. The number of phenols is 1. The number of nitrogens with zero attached hydrogens (tertiary/aromatic N) is 4. The van der Waals surface area contributed by atoms with Crippen LogP contribution in [0.2, 0.25) is 0 Å². The molecule has 2 fully saturated rings. The normalized spacial score (nSPS) is 20.9. The van der Waals surface area contributed by atoms with Crippen molar-refractivity contribution in [1.29, 1.82) is 0 Å². The van der Waals surface area contributed by atoms with Gasteiger partial charge in [-0.1, -0.05) is 6.07 Å². The number of hydrogen-bond acceptors (Lipinski definition) is 7. The molecule has 1 N–H and O–H groups in total. The van der Waals surface area contributed by atoms with Crippen molar-refractivity contribution in [3.05, 3.63) is 35.4 Å². The summed E-state index contributed by atoms with van der Waals surface area (Å²) in [5.41, 5.74) is 0.0161. The van der Waals surface area contributed by atoms with Crippen LogP contribution in [0.25, 0.3) is 11.3 Å². The second-order valence-corrected chi connectivity index (χ2v) is 9.71. The molecule has 1 aromatic heterocycles. The number of ether oxygens (including phenoxy) is 2. The third kappa shape index (κ3) is 5.06. The molecule has 2 saturated heterocycles. The monoisotopic (exact) mass is 476 g/mol. The molecule has 0 aliphatic carbocycles. The average Bonchev–Trinajstić information content (AvgIpc) is 2.77. The predicted molar refractivity (Wildman–Crippen MR) is 122 cm³/mol. The molecule has 3 heterocycles. The number of fused-ring (bicyclic) bond motifs is 1. The number of carbonyl (C=O) groups is 1. The molecule has 4 rings (SSSR count). The van der Waals surface area contributed by atoms with Crippen LogP contribution in [-0.2, 0) is 9.47 Å². The van der Waals surface area contributed by atoms with Gasteiger partial charge in [0.1, 0.15) is 17.0 Å². The number of aromatic hydroxyl groups is 1. The lowest BCUT2D eigenvalue weighted by atomic mass is 9.98. The topological polar surface area (TPSA) is 88.0 Å². The number of phenolic OH excluding ortho intramolecular Hbond substituents is 1. The molecule has 34 heavy (non-hydrogen) atoms. The Morgan fingerprint density at radius 2 is 2.00 bits per heavy atom. The molecular weight excluding hydrogens is 446 g/mol. The molecule has 0 spiro atoms. The molecule has 2 atom stereocenters. The van der Waals surface area contributed by atoms with Crippen LogP contribution < -0.4 is 4.90 Å². The largest absolute Gasteiger partial charge is 0.507 e. The Hall–Kier alpha value is -3.01. The van der Waals surface area contributed by atoms with Gasteiger partial charge < -0.3 is 24.4 Å². The Kier molecular flexibility index (Phi) is 6.62. The molecule has 10 heteroatoms. The highest BCUT2D eigenvalue weighted by Crippen LogP contribution is 2.37. The first-order valence-electron chi connectivity index (χ1n) is 11.4. The summed E-state index contributed by atoms with van der Waals surface area (Å²) < 4.78 is 39.6. The fourth-order valence-corrected chi connectivity index (χ4v) is 4.40. The second kappa shape index (κ2) is 9.32. The number of benzene rings is 1. The van der Waals surface area contributed by atoms with E-state index in [1.54, 1.807) is 24.0 Å². The van der Waals surface area contributed by atoms with Crippen LogP contribution in [0.5, 0.6) is 5.75 Å². The van der Waals surface area contributed by atoms with Gasteiger partial charge in [-0.15, -0.1) is 10.2 Å². The first-order valence-corrected chi connectivity index (χ1v) is 11.4. The van der Waals surface area contributed by atoms with Gasteiger partial charge in [0.05, 0.1) is 18.8 Å². The van der Waals surface area contributed by atoms with Crippen LogP contribution in [0.4, 0.5) is 19.4 Å². The van der Waals surface area contributed by atoms with Gasteiger partial charge >= 0.3 is 6.09 Å². The van der Waals surface area contributed by atoms with Crippen molar-refractivity contribution >= 4 is 11.9 Å². The molecule has 0 saturated carbocycles. The smallest absolute Gasteiger partial charge is 0.410 e. The van der Waals surface area contributed by atoms with Crippen molar-refractivity contribution in [1.82, 2.24) is 15.1 Å². The number of carbonyl (C=O) groups excluding carboxylic acids is 1. The fourth-order valence-electron chi connectivity index (χ4n) is 4.40. The highest BCUT2D eigenvalue weighted by atomic mass is 19.3.